The van der Waals surface area contributed by atoms with Gasteiger partial charge in [0, 0.05) is 11.3 Å². The third-order valence-corrected chi connectivity index (χ3v) is 4.00. The minimum Gasteiger partial charge on any atom is -0.441 e. The molecular formula is C13H13N3O3S. The zero-order valence-electron chi connectivity index (χ0n) is 10.8. The molecule has 1 aliphatic heterocycles. The largest absolute Gasteiger partial charge is 0.441 e. The van der Waals surface area contributed by atoms with Crippen molar-refractivity contribution in [2.24, 2.45) is 0 Å². The summed E-state index contributed by atoms with van der Waals surface area (Å²) in [4.78, 5) is 28.1. The summed E-state index contributed by atoms with van der Waals surface area (Å²) in [5, 5.41) is 5.45. The number of thioether (sulfide) groups is 1. The molecule has 20 heavy (non-hydrogen) atoms. The third-order valence-electron chi connectivity index (χ3n) is 3.24. The molecule has 7 heteroatoms. The quantitative estimate of drug-likeness (QED) is 0.662. The Kier molecular flexibility index (Phi) is 3.35. The average Bonchev–Trinajstić information content (AvgIpc) is 2.92. The third kappa shape index (κ3) is 2.24. The van der Waals surface area contributed by atoms with Crippen LogP contribution in [0.2, 0.25) is 0 Å². The van der Waals surface area contributed by atoms with Crippen LogP contribution in [0.1, 0.15) is 12.8 Å². The van der Waals surface area contributed by atoms with Gasteiger partial charge in [0.15, 0.2) is 12.0 Å². The minimum absolute atomic E-state index is 0.226. The number of oxazole rings is 1. The van der Waals surface area contributed by atoms with E-state index in [0.717, 1.165) is 10.4 Å². The SMILES string of the molecule is CSc1ccc(NC2CCC(=O)NC2=O)c2ocnc12. The molecule has 1 aromatic carbocycles. The van der Waals surface area contributed by atoms with Crippen LogP contribution in [0.4, 0.5) is 5.69 Å². The molecule has 1 fully saturated rings. The van der Waals surface area contributed by atoms with E-state index in [-0.39, 0.29) is 11.8 Å². The fraction of sp³-hybridized carbons (Fsp3) is 0.308. The zero-order chi connectivity index (χ0) is 14.1. The minimum atomic E-state index is -0.430. The lowest BCUT2D eigenvalue weighted by atomic mass is 10.1. The van der Waals surface area contributed by atoms with Gasteiger partial charge in [0.25, 0.3) is 0 Å². The number of imide groups is 1. The van der Waals surface area contributed by atoms with E-state index in [1.54, 1.807) is 11.8 Å². The van der Waals surface area contributed by atoms with Crippen molar-refractivity contribution >= 4 is 40.4 Å². The normalized spacial score (nSPS) is 19.1. The smallest absolute Gasteiger partial charge is 0.249 e. The summed E-state index contributed by atoms with van der Waals surface area (Å²) in [5.41, 5.74) is 2.11. The van der Waals surface area contributed by atoms with Crippen molar-refractivity contribution in [1.82, 2.24) is 10.3 Å². The molecule has 104 valence electrons. The van der Waals surface area contributed by atoms with Crippen LogP contribution in [-0.2, 0) is 9.59 Å². The topological polar surface area (TPSA) is 84.2 Å². The highest BCUT2D eigenvalue weighted by Crippen LogP contribution is 2.31. The molecule has 1 aromatic heterocycles. The van der Waals surface area contributed by atoms with Crippen molar-refractivity contribution in [2.45, 2.75) is 23.8 Å². The number of nitrogens with zero attached hydrogens (tertiary/aromatic N) is 1. The molecule has 1 atom stereocenters. The molecule has 0 spiro atoms. The van der Waals surface area contributed by atoms with Gasteiger partial charge in [0.2, 0.25) is 11.8 Å². The van der Waals surface area contributed by atoms with Crippen LogP contribution in [-0.4, -0.2) is 29.1 Å². The number of carbonyl (C=O) groups excluding carboxylic acids is 2. The van der Waals surface area contributed by atoms with Crippen LogP contribution in [0.25, 0.3) is 11.1 Å². The highest BCUT2D eigenvalue weighted by molar-refractivity contribution is 7.98. The lowest BCUT2D eigenvalue weighted by Gasteiger charge is -2.22. The van der Waals surface area contributed by atoms with Gasteiger partial charge >= 0.3 is 0 Å². The molecule has 0 aliphatic carbocycles. The van der Waals surface area contributed by atoms with Gasteiger partial charge in [-0.25, -0.2) is 4.98 Å². The number of benzene rings is 1. The Morgan fingerprint density at radius 3 is 3.05 bits per heavy atom. The Balaban J connectivity index is 1.90. The van der Waals surface area contributed by atoms with E-state index in [1.807, 2.05) is 18.4 Å². The van der Waals surface area contributed by atoms with Gasteiger partial charge in [0.05, 0.1) is 5.69 Å². The number of piperidine rings is 1. The van der Waals surface area contributed by atoms with E-state index in [0.29, 0.717) is 24.1 Å². The second-order valence-corrected chi connectivity index (χ2v) is 5.34. The van der Waals surface area contributed by atoms with Crippen LogP contribution in [0, 0.1) is 0 Å². The molecule has 2 aromatic rings. The van der Waals surface area contributed by atoms with E-state index < -0.39 is 6.04 Å². The first-order valence-electron chi connectivity index (χ1n) is 6.19. The molecule has 1 unspecified atom stereocenters. The molecule has 2 N–H and O–H groups in total. The van der Waals surface area contributed by atoms with Gasteiger partial charge in [-0.2, -0.15) is 0 Å². The number of rotatable bonds is 3. The van der Waals surface area contributed by atoms with Crippen LogP contribution >= 0.6 is 11.8 Å². The number of aromatic nitrogens is 1. The predicted molar refractivity (Wildman–Crippen MR) is 75.6 cm³/mol. The molecule has 0 saturated carbocycles. The molecule has 0 radical (unpaired) electrons. The van der Waals surface area contributed by atoms with Gasteiger partial charge in [-0.05, 0) is 24.8 Å². The standard InChI is InChI=1S/C13H13N3O3S/c1-20-9-4-2-7(12-11(9)14-6-19-12)15-8-3-5-10(17)16-13(8)18/h2,4,6,8,15H,3,5H2,1H3,(H,16,17,18). The van der Waals surface area contributed by atoms with Crippen LogP contribution in [0.5, 0.6) is 0 Å². The zero-order valence-corrected chi connectivity index (χ0v) is 11.6. The summed E-state index contributed by atoms with van der Waals surface area (Å²) < 4.78 is 5.40. The molecular weight excluding hydrogens is 278 g/mol. The number of hydrogen-bond acceptors (Lipinski definition) is 6. The number of amides is 2. The first-order valence-corrected chi connectivity index (χ1v) is 7.42. The van der Waals surface area contributed by atoms with Crippen LogP contribution in [0.15, 0.2) is 27.8 Å². The van der Waals surface area contributed by atoms with Gasteiger partial charge in [-0.3, -0.25) is 14.9 Å². The number of carbonyl (C=O) groups is 2. The fourth-order valence-corrected chi connectivity index (χ4v) is 2.77. The summed E-state index contributed by atoms with van der Waals surface area (Å²) >= 11 is 1.58. The number of anilines is 1. The maximum atomic E-state index is 11.8. The van der Waals surface area contributed by atoms with Crippen molar-refractivity contribution < 1.29 is 14.0 Å². The van der Waals surface area contributed by atoms with Gasteiger partial charge in [0.1, 0.15) is 11.6 Å². The first-order chi connectivity index (χ1) is 9.69. The fourth-order valence-electron chi connectivity index (χ4n) is 2.22. The van der Waals surface area contributed by atoms with E-state index in [2.05, 4.69) is 15.6 Å². The number of fused-ring (bicyclic) bond motifs is 1. The van der Waals surface area contributed by atoms with Crippen molar-refractivity contribution in [3.8, 4) is 0 Å². The highest BCUT2D eigenvalue weighted by Gasteiger charge is 2.27. The Morgan fingerprint density at radius 1 is 1.45 bits per heavy atom. The van der Waals surface area contributed by atoms with Gasteiger partial charge in [-0.1, -0.05) is 0 Å². The second-order valence-electron chi connectivity index (χ2n) is 4.49. The van der Waals surface area contributed by atoms with Crippen LogP contribution in [0.3, 0.4) is 0 Å². The van der Waals surface area contributed by atoms with Gasteiger partial charge < -0.3 is 9.73 Å². The maximum Gasteiger partial charge on any atom is 0.249 e. The molecule has 0 bridgehead atoms. The molecule has 2 amide bonds. The Labute approximate surface area is 119 Å². The summed E-state index contributed by atoms with van der Waals surface area (Å²) in [7, 11) is 0. The van der Waals surface area contributed by atoms with E-state index in [4.69, 9.17) is 4.42 Å². The number of nitrogens with one attached hydrogen (secondary N) is 2. The van der Waals surface area contributed by atoms with Crippen molar-refractivity contribution in [3.63, 3.8) is 0 Å². The van der Waals surface area contributed by atoms with Crippen molar-refractivity contribution in [1.29, 1.82) is 0 Å². The number of hydrogen-bond donors (Lipinski definition) is 2. The van der Waals surface area contributed by atoms with Crippen molar-refractivity contribution in [3.05, 3.63) is 18.5 Å². The lowest BCUT2D eigenvalue weighted by molar-refractivity contribution is -0.133. The molecule has 6 nitrogen and oxygen atoms in total. The Bertz CT molecular complexity index is 683. The van der Waals surface area contributed by atoms with Crippen LogP contribution < -0.4 is 10.6 Å². The monoisotopic (exact) mass is 291 g/mol. The summed E-state index contributed by atoms with van der Waals surface area (Å²) in [6.45, 7) is 0. The summed E-state index contributed by atoms with van der Waals surface area (Å²) in [6, 6.07) is 3.37. The predicted octanol–water partition coefficient (Wildman–Crippen LogP) is 1.77. The summed E-state index contributed by atoms with van der Waals surface area (Å²) in [5.74, 6) is -0.529. The molecule has 2 heterocycles. The first kappa shape index (κ1) is 13.0. The van der Waals surface area contributed by atoms with Gasteiger partial charge in [-0.15, -0.1) is 11.8 Å². The average molecular weight is 291 g/mol. The van der Waals surface area contributed by atoms with Crippen molar-refractivity contribution in [2.75, 3.05) is 11.6 Å². The summed E-state index contributed by atoms with van der Waals surface area (Å²) in [6.07, 6.45) is 4.17. The lowest BCUT2D eigenvalue weighted by Crippen LogP contribution is -2.47. The molecule has 3 rings (SSSR count). The van der Waals surface area contributed by atoms with E-state index in [1.165, 1.54) is 6.39 Å². The second kappa shape index (κ2) is 5.16. The Hall–Kier alpha value is -2.02. The van der Waals surface area contributed by atoms with E-state index >= 15 is 0 Å². The highest BCUT2D eigenvalue weighted by atomic mass is 32.2. The Morgan fingerprint density at radius 2 is 2.30 bits per heavy atom. The molecule has 1 saturated heterocycles. The van der Waals surface area contributed by atoms with E-state index in [9.17, 15) is 9.59 Å². The maximum absolute atomic E-state index is 11.8. The molecule has 1 aliphatic rings.